The topological polar surface area (TPSA) is 216 Å². The summed E-state index contributed by atoms with van der Waals surface area (Å²) in [5.74, 6) is 0. The minimum absolute atomic E-state index is 0. The van der Waals surface area contributed by atoms with Crippen molar-refractivity contribution >= 4 is 40.7 Å². The smallest absolute Gasteiger partial charge is 2.00 e. The van der Waals surface area contributed by atoms with Crippen molar-refractivity contribution in [1.82, 2.24) is 0 Å². The van der Waals surface area contributed by atoms with Gasteiger partial charge < -0.3 is 21.9 Å². The predicted octanol–water partition coefficient (Wildman–Crippen LogP) is -2.86. The summed E-state index contributed by atoms with van der Waals surface area (Å²) in [5.41, 5.74) is 0. The average Bonchev–Trinajstić information content (AvgIpc) is 2.33. The van der Waals surface area contributed by atoms with E-state index in [0.717, 1.165) is 0 Å². The molecule has 13 radical (unpaired) electrons. The van der Waals surface area contributed by atoms with Crippen molar-refractivity contribution in [2.75, 3.05) is 0 Å². The molecule has 0 aromatic carbocycles. The largest absolute Gasteiger partial charge is 6.00 e. The summed E-state index contributed by atoms with van der Waals surface area (Å²) < 4.78 is 0. The summed E-state index contributed by atoms with van der Waals surface area (Å²) in [7, 11) is 0. The van der Waals surface area contributed by atoms with E-state index in [9.17, 15) is 0 Å². The molecule has 0 aromatic heterocycles. The normalized spacial score (nSPS) is 1.33. The molecule has 0 saturated carbocycles. The Morgan fingerprint density at radius 3 is 0.333 bits per heavy atom. The monoisotopic (exact) mass is 389 g/mol. The molecule has 0 fully saturated rings. The van der Waals surface area contributed by atoms with E-state index < -0.39 is 0 Å². The van der Waals surface area contributed by atoms with Crippen LogP contribution in [-0.4, -0.2) is 40.7 Å². The fourth-order valence-electron chi connectivity index (χ4n) is 0. The molecule has 0 aliphatic carbocycles. The molecule has 0 N–H and O–H groups in total. The number of hydrogen-bond donors (Lipinski definition) is 0. The maximum Gasteiger partial charge on any atom is 6.00 e. The summed E-state index contributed by atoms with van der Waals surface area (Å²) in [6, 6.07) is 0. The quantitative estimate of drug-likeness (QED) is 0.398. The van der Waals surface area contributed by atoms with Crippen molar-refractivity contribution in [1.29, 1.82) is 0 Å². The van der Waals surface area contributed by atoms with Crippen LogP contribution >= 0.6 is 0 Å². The Balaban J connectivity index is -0.00000000225. The van der Waals surface area contributed by atoms with Gasteiger partial charge in [-0.05, 0) is 0 Å². The Labute approximate surface area is 129 Å². The maximum atomic E-state index is 7.50. The van der Waals surface area contributed by atoms with Crippen molar-refractivity contribution in [2.24, 2.45) is 0 Å². The van der Waals surface area contributed by atoms with Gasteiger partial charge in [-0.3, -0.25) is 28.8 Å². The van der Waals surface area contributed by atoms with Crippen LogP contribution in [0.4, 0.5) is 0 Å². The summed E-state index contributed by atoms with van der Waals surface area (Å²) in [5, 5.41) is 0. The Kier molecular flexibility index (Phi) is 38900. The average molecular weight is 387 g/mol. The first kappa shape index (κ1) is 172. The van der Waals surface area contributed by atoms with Crippen molar-refractivity contribution in [3.8, 4) is 0 Å². The Hall–Kier alpha value is -0.945. The van der Waals surface area contributed by atoms with Crippen LogP contribution in [0.2, 0.25) is 0 Å². The van der Waals surface area contributed by atoms with E-state index in [1.54, 1.807) is 0 Å². The van der Waals surface area contributed by atoms with Gasteiger partial charge in [-0.1, -0.05) is 0 Å². The van der Waals surface area contributed by atoms with Gasteiger partial charge in [0.05, 0.1) is 0 Å². The van der Waals surface area contributed by atoms with Gasteiger partial charge in [0.2, 0.25) is 0 Å². The van der Waals surface area contributed by atoms with Crippen molar-refractivity contribution < 1.29 is 88.5 Å². The van der Waals surface area contributed by atoms with Gasteiger partial charge >= 0.3 is 37.8 Å². The predicted molar refractivity (Wildman–Crippen MR) is 36.9 cm³/mol. The van der Waals surface area contributed by atoms with Crippen molar-refractivity contribution in [3.05, 3.63) is 0 Å². The first-order valence-electron chi connectivity index (χ1n) is 1.22. The van der Waals surface area contributed by atoms with Crippen molar-refractivity contribution in [2.45, 2.75) is 0 Å². The molecular formula is C6CoMoO10. The molecule has 0 saturated heterocycles. The number of carbonyl (C=O) groups excluding carboxylic acids is 6. The van der Waals surface area contributed by atoms with E-state index in [4.69, 9.17) is 28.8 Å². The molecule has 0 atom stereocenters. The summed E-state index contributed by atoms with van der Waals surface area (Å²) in [6.07, 6.45) is 0. The molecule has 0 bridgehead atoms. The Bertz CT molecular complexity index is 41.8. The molecule has 0 spiro atoms. The molecule has 0 aromatic rings. The van der Waals surface area contributed by atoms with Gasteiger partial charge in [0.15, 0.2) is 0 Å². The molecule has 0 aliphatic rings. The van der Waals surface area contributed by atoms with Crippen molar-refractivity contribution in [3.63, 3.8) is 0 Å². The second kappa shape index (κ2) is 4070. The third kappa shape index (κ3) is 3330. The van der Waals surface area contributed by atoms with Gasteiger partial charge in [-0.25, -0.2) is 0 Å². The van der Waals surface area contributed by atoms with Crippen LogP contribution in [0.3, 0.4) is 0 Å². The molecule has 0 heterocycles. The molecule has 0 amide bonds. The molecular weight excluding hydrogens is 387 g/mol. The van der Waals surface area contributed by atoms with Crippen LogP contribution in [0.1, 0.15) is 0 Å². The van der Waals surface area contributed by atoms with E-state index in [2.05, 4.69) is 40.7 Å². The van der Waals surface area contributed by atoms with E-state index in [-0.39, 0.29) is 59.7 Å². The Morgan fingerprint density at radius 1 is 0.333 bits per heavy atom. The fraction of sp³-hybridized carbons (Fsp3) is 0. The van der Waals surface area contributed by atoms with Crippen LogP contribution in [-0.2, 0) is 88.5 Å². The van der Waals surface area contributed by atoms with Crippen LogP contribution in [0, 0.1) is 0 Å². The number of rotatable bonds is 0. The second-order valence-corrected chi connectivity index (χ2v) is 0. The zero-order valence-corrected chi connectivity index (χ0v) is 10.9. The van der Waals surface area contributed by atoms with Gasteiger partial charge in [-0.15, -0.1) is 0 Å². The summed E-state index contributed by atoms with van der Waals surface area (Å²) >= 11 is 0. The van der Waals surface area contributed by atoms with Crippen LogP contribution in [0.25, 0.3) is 0 Å². The first-order valence-corrected chi connectivity index (χ1v) is 1.22. The summed E-state index contributed by atoms with van der Waals surface area (Å²) in [4.78, 5) is 45.0. The molecule has 0 rings (SSSR count). The molecule has 99 valence electrons. The fourth-order valence-corrected chi connectivity index (χ4v) is 0. The minimum Gasteiger partial charge on any atom is -2.00 e. The van der Waals surface area contributed by atoms with Gasteiger partial charge in [-0.2, -0.15) is 0 Å². The SMILES string of the molecule is [C]=O.[C]=O.[C]=O.[C]=O.[C]=O.[C]=O.[Co+2].[Mo+6].[O-2].[O-2].[O-2].[O-2]. The second-order valence-electron chi connectivity index (χ2n) is 0. The molecule has 0 aliphatic heterocycles. The van der Waals surface area contributed by atoms with E-state index in [0.29, 0.717) is 0 Å². The first-order chi connectivity index (χ1) is 6.00. The molecule has 0 unspecified atom stereocenters. The minimum atomic E-state index is 0. The number of hydrogen-bond acceptors (Lipinski definition) is 6. The van der Waals surface area contributed by atoms with E-state index in [1.807, 2.05) is 0 Å². The van der Waals surface area contributed by atoms with Crippen LogP contribution in [0.15, 0.2) is 0 Å². The molecule has 18 heavy (non-hydrogen) atoms. The van der Waals surface area contributed by atoms with Gasteiger partial charge in [0.1, 0.15) is 0 Å². The Morgan fingerprint density at radius 2 is 0.333 bits per heavy atom. The molecule has 10 nitrogen and oxygen atoms in total. The van der Waals surface area contributed by atoms with Gasteiger partial charge in [0.25, 0.3) is 40.7 Å². The zero-order chi connectivity index (χ0) is 12.0. The summed E-state index contributed by atoms with van der Waals surface area (Å²) in [6.45, 7) is 27.0. The van der Waals surface area contributed by atoms with E-state index >= 15 is 0 Å². The van der Waals surface area contributed by atoms with Crippen LogP contribution in [0.5, 0.6) is 0 Å². The van der Waals surface area contributed by atoms with Gasteiger partial charge in [0, 0.05) is 0 Å². The zero-order valence-electron chi connectivity index (χ0n) is 7.82. The van der Waals surface area contributed by atoms with Crippen LogP contribution < -0.4 is 0 Å². The maximum absolute atomic E-state index is 7.50. The van der Waals surface area contributed by atoms with E-state index in [1.165, 1.54) is 0 Å². The molecule has 12 heteroatoms. The third-order valence-electron chi connectivity index (χ3n) is 0. The standard InChI is InChI=1S/6CO.Co.Mo.4O/c6*1-2;;;;;;/q;;;;;;+2;+6;4*-2. The third-order valence-corrected chi connectivity index (χ3v) is 0.